The van der Waals surface area contributed by atoms with Crippen LogP contribution < -0.4 is 4.74 Å². The molecular weight excluding hydrogens is 352 g/mol. The van der Waals surface area contributed by atoms with Crippen LogP contribution in [0.5, 0.6) is 5.75 Å². The van der Waals surface area contributed by atoms with Crippen molar-refractivity contribution in [2.24, 2.45) is 5.92 Å². The van der Waals surface area contributed by atoms with E-state index >= 15 is 0 Å². The molecule has 2 aromatic rings. The van der Waals surface area contributed by atoms with E-state index in [1.54, 1.807) is 11.8 Å². The van der Waals surface area contributed by atoms with E-state index in [2.05, 4.69) is 12.1 Å². The molecule has 28 heavy (non-hydrogen) atoms. The first-order valence-electron chi connectivity index (χ1n) is 10.0. The van der Waals surface area contributed by atoms with E-state index in [9.17, 15) is 9.59 Å². The maximum absolute atomic E-state index is 12.7. The molecule has 1 saturated heterocycles. The van der Waals surface area contributed by atoms with E-state index < -0.39 is 6.10 Å². The van der Waals surface area contributed by atoms with E-state index in [1.807, 2.05) is 47.4 Å². The van der Waals surface area contributed by atoms with Crippen molar-refractivity contribution in [3.8, 4) is 16.9 Å². The number of piperazine rings is 1. The van der Waals surface area contributed by atoms with Gasteiger partial charge in [-0.25, -0.2) is 0 Å². The highest BCUT2D eigenvalue weighted by atomic mass is 16.5. The summed E-state index contributed by atoms with van der Waals surface area (Å²) in [6, 6.07) is 18.0. The number of benzene rings is 2. The molecule has 5 heteroatoms. The third kappa shape index (κ3) is 4.19. The molecule has 0 aromatic heterocycles. The van der Waals surface area contributed by atoms with Crippen LogP contribution in [0, 0.1) is 5.92 Å². The van der Waals surface area contributed by atoms with Crippen molar-refractivity contribution in [3.63, 3.8) is 0 Å². The highest BCUT2D eigenvalue weighted by Gasteiger charge is 2.35. The summed E-state index contributed by atoms with van der Waals surface area (Å²) in [6.45, 7) is 4.20. The predicted molar refractivity (Wildman–Crippen MR) is 108 cm³/mol. The van der Waals surface area contributed by atoms with Crippen LogP contribution in [0.15, 0.2) is 54.6 Å². The molecule has 2 aliphatic rings. The van der Waals surface area contributed by atoms with E-state index in [1.165, 1.54) is 0 Å². The second kappa shape index (κ2) is 8.05. The Hall–Kier alpha value is -2.82. The van der Waals surface area contributed by atoms with Gasteiger partial charge in [-0.2, -0.15) is 0 Å². The van der Waals surface area contributed by atoms with E-state index in [0.29, 0.717) is 31.9 Å². The first-order chi connectivity index (χ1) is 13.6. The van der Waals surface area contributed by atoms with Crippen LogP contribution in [-0.2, 0) is 9.59 Å². The summed E-state index contributed by atoms with van der Waals surface area (Å²) in [6.07, 6.45) is 1.49. The largest absolute Gasteiger partial charge is 0.481 e. The lowest BCUT2D eigenvalue weighted by molar-refractivity contribution is -0.144. The number of amides is 2. The Morgan fingerprint density at radius 1 is 0.857 bits per heavy atom. The van der Waals surface area contributed by atoms with Crippen LogP contribution in [0.2, 0.25) is 0 Å². The minimum absolute atomic E-state index is 0.0225. The van der Waals surface area contributed by atoms with Gasteiger partial charge in [0, 0.05) is 32.1 Å². The SMILES string of the molecule is CC(Oc1ccc(-c2ccccc2)cc1)C(=O)N1CCN(C(=O)C2CC2)CC1. The Morgan fingerprint density at radius 3 is 2.04 bits per heavy atom. The molecule has 4 rings (SSSR count). The molecule has 2 amide bonds. The molecule has 0 spiro atoms. The van der Waals surface area contributed by atoms with Gasteiger partial charge in [-0.1, -0.05) is 42.5 Å². The molecule has 5 nitrogen and oxygen atoms in total. The average molecular weight is 378 g/mol. The molecule has 0 radical (unpaired) electrons. The monoisotopic (exact) mass is 378 g/mol. The van der Waals surface area contributed by atoms with Crippen molar-refractivity contribution in [3.05, 3.63) is 54.6 Å². The zero-order valence-corrected chi connectivity index (χ0v) is 16.2. The smallest absolute Gasteiger partial charge is 0.263 e. The molecule has 1 unspecified atom stereocenters. The summed E-state index contributed by atoms with van der Waals surface area (Å²) in [5.41, 5.74) is 2.26. The topological polar surface area (TPSA) is 49.9 Å². The predicted octanol–water partition coefficient (Wildman–Crippen LogP) is 3.20. The Balaban J connectivity index is 1.30. The van der Waals surface area contributed by atoms with Crippen molar-refractivity contribution in [1.82, 2.24) is 9.80 Å². The number of nitrogens with zero attached hydrogens (tertiary/aromatic N) is 2. The summed E-state index contributed by atoms with van der Waals surface area (Å²) < 4.78 is 5.87. The summed E-state index contributed by atoms with van der Waals surface area (Å²) in [7, 11) is 0. The number of carbonyl (C=O) groups excluding carboxylic acids is 2. The van der Waals surface area contributed by atoms with Gasteiger partial charge in [0.1, 0.15) is 5.75 Å². The van der Waals surface area contributed by atoms with E-state index in [4.69, 9.17) is 4.74 Å². The first kappa shape index (κ1) is 18.5. The lowest BCUT2D eigenvalue weighted by Gasteiger charge is -2.36. The second-order valence-electron chi connectivity index (χ2n) is 7.58. The molecule has 2 aromatic carbocycles. The van der Waals surface area contributed by atoms with Gasteiger partial charge in [0.25, 0.3) is 5.91 Å². The van der Waals surface area contributed by atoms with Gasteiger partial charge in [-0.3, -0.25) is 9.59 Å². The average Bonchev–Trinajstić information content (AvgIpc) is 3.59. The number of rotatable bonds is 5. The molecule has 1 heterocycles. The number of ether oxygens (including phenoxy) is 1. The van der Waals surface area contributed by atoms with E-state index in [-0.39, 0.29) is 17.7 Å². The summed E-state index contributed by atoms with van der Waals surface area (Å²) in [4.78, 5) is 28.6. The highest BCUT2D eigenvalue weighted by Crippen LogP contribution is 2.31. The summed E-state index contributed by atoms with van der Waals surface area (Å²) in [5.74, 6) is 1.16. The van der Waals surface area contributed by atoms with Crippen molar-refractivity contribution in [1.29, 1.82) is 0 Å². The Kier molecular flexibility index (Phi) is 5.33. The third-order valence-electron chi connectivity index (χ3n) is 5.45. The van der Waals surface area contributed by atoms with Crippen molar-refractivity contribution in [2.75, 3.05) is 26.2 Å². The van der Waals surface area contributed by atoms with Gasteiger partial charge in [0.05, 0.1) is 0 Å². The quantitative estimate of drug-likeness (QED) is 0.803. The van der Waals surface area contributed by atoms with Crippen LogP contribution in [0.4, 0.5) is 0 Å². The molecule has 0 N–H and O–H groups in total. The number of hydrogen-bond acceptors (Lipinski definition) is 3. The minimum atomic E-state index is -0.548. The molecule has 2 fully saturated rings. The zero-order chi connectivity index (χ0) is 19.5. The van der Waals surface area contributed by atoms with Crippen LogP contribution in [0.25, 0.3) is 11.1 Å². The fraction of sp³-hybridized carbons (Fsp3) is 0.391. The van der Waals surface area contributed by atoms with Crippen molar-refractivity contribution >= 4 is 11.8 Å². The van der Waals surface area contributed by atoms with Crippen LogP contribution >= 0.6 is 0 Å². The van der Waals surface area contributed by atoms with Gasteiger partial charge >= 0.3 is 0 Å². The number of hydrogen-bond donors (Lipinski definition) is 0. The lowest BCUT2D eigenvalue weighted by Crippen LogP contribution is -2.53. The maximum Gasteiger partial charge on any atom is 0.263 e. The highest BCUT2D eigenvalue weighted by molar-refractivity contribution is 5.83. The standard InChI is InChI=1S/C23H26N2O3/c1-17(22(26)24-13-15-25(16-14-24)23(27)20-7-8-20)28-21-11-9-19(10-12-21)18-5-3-2-4-6-18/h2-6,9-12,17,20H,7-8,13-16H2,1H3. The minimum Gasteiger partial charge on any atom is -0.481 e. The lowest BCUT2D eigenvalue weighted by atomic mass is 10.1. The van der Waals surface area contributed by atoms with Gasteiger partial charge in [0.15, 0.2) is 6.10 Å². The molecule has 1 atom stereocenters. The second-order valence-corrected chi connectivity index (χ2v) is 7.58. The molecular formula is C23H26N2O3. The normalized spacial score (nSPS) is 17.9. The zero-order valence-electron chi connectivity index (χ0n) is 16.2. The van der Waals surface area contributed by atoms with Crippen molar-refractivity contribution < 1.29 is 14.3 Å². The van der Waals surface area contributed by atoms with Gasteiger partial charge in [0.2, 0.25) is 5.91 Å². The van der Waals surface area contributed by atoms with Gasteiger partial charge in [-0.05, 0) is 43.0 Å². The Labute approximate surface area is 165 Å². The van der Waals surface area contributed by atoms with Crippen LogP contribution in [-0.4, -0.2) is 53.9 Å². The van der Waals surface area contributed by atoms with Crippen LogP contribution in [0.3, 0.4) is 0 Å². The van der Waals surface area contributed by atoms with Gasteiger partial charge in [-0.15, -0.1) is 0 Å². The Morgan fingerprint density at radius 2 is 1.43 bits per heavy atom. The molecule has 1 aliphatic heterocycles. The number of carbonyl (C=O) groups is 2. The molecule has 0 bridgehead atoms. The molecule has 146 valence electrons. The summed E-state index contributed by atoms with van der Waals surface area (Å²) in [5, 5.41) is 0. The van der Waals surface area contributed by atoms with Gasteiger partial charge < -0.3 is 14.5 Å². The fourth-order valence-electron chi connectivity index (χ4n) is 3.60. The maximum atomic E-state index is 12.7. The molecule has 1 saturated carbocycles. The van der Waals surface area contributed by atoms with Crippen molar-refractivity contribution in [2.45, 2.75) is 25.9 Å². The molecule has 1 aliphatic carbocycles. The Bertz CT molecular complexity index is 823. The van der Waals surface area contributed by atoms with E-state index in [0.717, 1.165) is 24.0 Å². The van der Waals surface area contributed by atoms with Crippen LogP contribution in [0.1, 0.15) is 19.8 Å². The third-order valence-corrected chi connectivity index (χ3v) is 5.45. The first-order valence-corrected chi connectivity index (χ1v) is 10.0. The summed E-state index contributed by atoms with van der Waals surface area (Å²) >= 11 is 0. The fourth-order valence-corrected chi connectivity index (χ4v) is 3.60.